The Morgan fingerprint density at radius 3 is 2.05 bits per heavy atom. The maximum atomic E-state index is 10.4. The molecule has 0 aliphatic heterocycles. The van der Waals surface area contributed by atoms with Crippen molar-refractivity contribution in [3.05, 3.63) is 66.5 Å². The summed E-state index contributed by atoms with van der Waals surface area (Å²) in [5.41, 5.74) is 2.10. The van der Waals surface area contributed by atoms with E-state index in [-0.39, 0.29) is 4.90 Å². The summed E-state index contributed by atoms with van der Waals surface area (Å²) in [6.07, 6.45) is 5.95. The van der Waals surface area contributed by atoms with E-state index in [1.54, 1.807) is 12.1 Å². The van der Waals surface area contributed by atoms with E-state index in [9.17, 15) is 13.0 Å². The first-order valence-corrected chi connectivity index (χ1v) is 7.91. The first kappa shape index (κ1) is 17.1. The van der Waals surface area contributed by atoms with Crippen LogP contribution in [-0.2, 0) is 16.7 Å². The summed E-state index contributed by atoms with van der Waals surface area (Å²) >= 11 is 0. The van der Waals surface area contributed by atoms with Crippen LogP contribution in [0.1, 0.15) is 18.1 Å². The van der Waals surface area contributed by atoms with Gasteiger partial charge in [-0.15, -0.1) is 0 Å². The van der Waals surface area contributed by atoms with Gasteiger partial charge in [-0.25, -0.2) is 13.0 Å². The molecule has 0 saturated carbocycles. The molecule has 1 heterocycles. The summed E-state index contributed by atoms with van der Waals surface area (Å²) < 4.78 is 33.3. The van der Waals surface area contributed by atoms with E-state index in [0.29, 0.717) is 0 Å². The summed E-state index contributed by atoms with van der Waals surface area (Å²) in [6.45, 7) is 8.64. The van der Waals surface area contributed by atoms with E-state index in [4.69, 9.17) is 0 Å². The van der Waals surface area contributed by atoms with Gasteiger partial charge in [0.25, 0.3) is 0 Å². The van der Waals surface area contributed by atoms with Crippen molar-refractivity contribution in [1.29, 1.82) is 0 Å². The Labute approximate surface area is 126 Å². The van der Waals surface area contributed by atoms with E-state index in [1.807, 2.05) is 13.0 Å². The largest absolute Gasteiger partial charge is 0.744 e. The van der Waals surface area contributed by atoms with Gasteiger partial charge in [0.1, 0.15) is 16.7 Å². The van der Waals surface area contributed by atoms with Gasteiger partial charge in [-0.1, -0.05) is 30.4 Å². The second-order valence-corrected chi connectivity index (χ2v) is 5.81. The smallest absolute Gasteiger partial charge is 0.169 e. The van der Waals surface area contributed by atoms with E-state index in [0.717, 1.165) is 12.1 Å². The number of nitrogens with zero attached hydrogens (tertiary/aromatic N) is 1. The van der Waals surface area contributed by atoms with Crippen LogP contribution in [-0.4, -0.2) is 13.0 Å². The van der Waals surface area contributed by atoms with Crippen LogP contribution < -0.4 is 4.57 Å². The van der Waals surface area contributed by atoms with Gasteiger partial charge in [0.2, 0.25) is 0 Å². The Morgan fingerprint density at radius 1 is 1.14 bits per heavy atom. The van der Waals surface area contributed by atoms with Gasteiger partial charge in [-0.05, 0) is 31.5 Å². The predicted octanol–water partition coefficient (Wildman–Crippen LogP) is 2.54. The van der Waals surface area contributed by atoms with E-state index < -0.39 is 10.1 Å². The average molecular weight is 305 g/mol. The molecule has 2 rings (SSSR count). The monoisotopic (exact) mass is 305 g/mol. The molecule has 0 aliphatic rings. The summed E-state index contributed by atoms with van der Waals surface area (Å²) in [7, 11) is -4.27. The molecule has 112 valence electrons. The molecule has 0 bridgehead atoms. The number of aromatic nitrogens is 1. The third-order valence-electron chi connectivity index (χ3n) is 2.83. The van der Waals surface area contributed by atoms with Crippen molar-refractivity contribution in [2.75, 3.05) is 0 Å². The van der Waals surface area contributed by atoms with Gasteiger partial charge < -0.3 is 4.55 Å². The van der Waals surface area contributed by atoms with E-state index in [1.165, 1.54) is 17.7 Å². The second kappa shape index (κ2) is 7.71. The number of hydrogen-bond donors (Lipinski definition) is 0. The highest BCUT2D eigenvalue weighted by molar-refractivity contribution is 7.85. The van der Waals surface area contributed by atoms with Crippen molar-refractivity contribution in [2.24, 2.45) is 0 Å². The van der Waals surface area contributed by atoms with Crippen molar-refractivity contribution in [2.45, 2.75) is 25.3 Å². The van der Waals surface area contributed by atoms with Crippen LogP contribution in [0.4, 0.5) is 0 Å². The van der Waals surface area contributed by atoms with E-state index >= 15 is 0 Å². The topological polar surface area (TPSA) is 61.1 Å². The van der Waals surface area contributed by atoms with Crippen LogP contribution in [0.15, 0.2) is 60.3 Å². The molecule has 0 unspecified atom stereocenters. The molecule has 0 N–H and O–H groups in total. The first-order chi connectivity index (χ1) is 9.86. The van der Waals surface area contributed by atoms with Crippen LogP contribution >= 0.6 is 0 Å². The molecule has 0 atom stereocenters. The zero-order valence-corrected chi connectivity index (χ0v) is 13.0. The SMILES string of the molecule is C=Cc1cc[n+](CC)cc1.Cc1ccc(S(=O)(=O)[O-])cc1. The maximum Gasteiger partial charge on any atom is 0.169 e. The molecule has 21 heavy (non-hydrogen) atoms. The standard InChI is InChI=1S/C9H12N.C7H8O3S/c1-3-9-5-7-10(4-2)8-6-9;1-6-2-4-7(5-3-6)11(8,9)10/h3,5-8H,1,4H2,2H3;2-5H,1H3,(H,8,9,10)/q+1;/p-1. The van der Waals surface area contributed by atoms with Crippen molar-refractivity contribution < 1.29 is 17.5 Å². The van der Waals surface area contributed by atoms with Gasteiger partial charge >= 0.3 is 0 Å². The molecule has 1 aromatic heterocycles. The Balaban J connectivity index is 0.000000211. The highest BCUT2D eigenvalue weighted by Crippen LogP contribution is 2.08. The minimum Gasteiger partial charge on any atom is -0.744 e. The van der Waals surface area contributed by atoms with Crippen LogP contribution in [0.2, 0.25) is 0 Å². The third kappa shape index (κ3) is 5.89. The number of pyridine rings is 1. The molecule has 1 aromatic carbocycles. The molecule has 0 saturated heterocycles. The molecular weight excluding hydrogens is 286 g/mol. The molecule has 0 fully saturated rings. The molecular formula is C16H19NO3S. The normalized spacial score (nSPS) is 10.4. The first-order valence-electron chi connectivity index (χ1n) is 6.51. The second-order valence-electron chi connectivity index (χ2n) is 4.43. The van der Waals surface area contributed by atoms with Crippen molar-refractivity contribution in [3.63, 3.8) is 0 Å². The number of aryl methyl sites for hydroxylation is 2. The Kier molecular flexibility index (Phi) is 6.27. The average Bonchev–Trinajstić information content (AvgIpc) is 2.47. The van der Waals surface area contributed by atoms with Gasteiger partial charge in [0, 0.05) is 12.1 Å². The van der Waals surface area contributed by atoms with Crippen molar-refractivity contribution in [1.82, 2.24) is 0 Å². The number of benzene rings is 1. The lowest BCUT2D eigenvalue weighted by Gasteiger charge is -2.05. The van der Waals surface area contributed by atoms with Crippen molar-refractivity contribution in [3.8, 4) is 0 Å². The Bertz CT molecular complexity index is 674. The molecule has 5 heteroatoms. The zero-order valence-electron chi connectivity index (χ0n) is 12.2. The summed E-state index contributed by atoms with van der Waals surface area (Å²) in [6, 6.07) is 9.89. The molecule has 0 radical (unpaired) electrons. The molecule has 4 nitrogen and oxygen atoms in total. The van der Waals surface area contributed by atoms with Crippen molar-refractivity contribution >= 4 is 16.2 Å². The Morgan fingerprint density at radius 2 is 1.67 bits per heavy atom. The Hall–Kier alpha value is -1.98. The van der Waals surface area contributed by atoms with Crippen LogP contribution in [0, 0.1) is 6.92 Å². The molecule has 0 aliphatic carbocycles. The highest BCUT2D eigenvalue weighted by Gasteiger charge is 1.97. The maximum absolute atomic E-state index is 10.4. The van der Waals surface area contributed by atoms with Crippen LogP contribution in [0.3, 0.4) is 0 Å². The lowest BCUT2D eigenvalue weighted by molar-refractivity contribution is -0.693. The van der Waals surface area contributed by atoms with Gasteiger partial charge in [0.15, 0.2) is 12.4 Å². The van der Waals surface area contributed by atoms with Crippen LogP contribution in [0.25, 0.3) is 6.08 Å². The van der Waals surface area contributed by atoms with Gasteiger partial charge in [-0.2, -0.15) is 0 Å². The summed E-state index contributed by atoms with van der Waals surface area (Å²) in [4.78, 5) is -0.178. The number of rotatable bonds is 3. The minimum atomic E-state index is -4.27. The highest BCUT2D eigenvalue weighted by atomic mass is 32.2. The van der Waals surface area contributed by atoms with E-state index in [2.05, 4.69) is 42.6 Å². The predicted molar refractivity (Wildman–Crippen MR) is 81.5 cm³/mol. The lowest BCUT2D eigenvalue weighted by atomic mass is 10.2. The van der Waals surface area contributed by atoms with Crippen LogP contribution in [0.5, 0.6) is 0 Å². The molecule has 0 spiro atoms. The minimum absolute atomic E-state index is 0.178. The molecule has 2 aromatic rings. The number of hydrogen-bond acceptors (Lipinski definition) is 3. The summed E-state index contributed by atoms with van der Waals surface area (Å²) in [5.74, 6) is 0. The molecule has 0 amide bonds. The van der Waals surface area contributed by atoms with Gasteiger partial charge in [0.05, 0.1) is 4.90 Å². The fourth-order valence-electron chi connectivity index (χ4n) is 1.52. The third-order valence-corrected chi connectivity index (χ3v) is 3.68. The quantitative estimate of drug-likeness (QED) is 0.646. The van der Waals surface area contributed by atoms with Gasteiger partial charge in [-0.3, -0.25) is 0 Å². The lowest BCUT2D eigenvalue weighted by Crippen LogP contribution is -2.30. The fourth-order valence-corrected chi connectivity index (χ4v) is 1.99. The fraction of sp³-hybridized carbons (Fsp3) is 0.188. The zero-order chi connectivity index (χ0) is 15.9. The summed E-state index contributed by atoms with van der Waals surface area (Å²) in [5, 5.41) is 0.